The van der Waals surface area contributed by atoms with E-state index in [1.54, 1.807) is 0 Å². The van der Waals surface area contributed by atoms with Crippen molar-refractivity contribution in [1.82, 2.24) is 0 Å². The summed E-state index contributed by atoms with van der Waals surface area (Å²) in [6.07, 6.45) is 4.78. The zero-order valence-electron chi connectivity index (χ0n) is 16.3. The van der Waals surface area contributed by atoms with E-state index in [4.69, 9.17) is 69.6 Å². The number of hydrogen-bond donors (Lipinski definition) is 2. The highest BCUT2D eigenvalue weighted by atomic mass is 35.5. The third kappa shape index (κ3) is 8.88. The van der Waals surface area contributed by atoms with E-state index in [0.29, 0.717) is 54.4 Å². The maximum atomic E-state index is 12.1. The molecule has 0 spiro atoms. The first-order valence-electron chi connectivity index (χ1n) is 9.56. The van der Waals surface area contributed by atoms with E-state index in [-0.39, 0.29) is 11.8 Å². The minimum Gasteiger partial charge on any atom is -0.324 e. The molecular formula is C21H20Cl6N2O2. The summed E-state index contributed by atoms with van der Waals surface area (Å²) in [5, 5.41) is 7.42. The van der Waals surface area contributed by atoms with Gasteiger partial charge in [-0.15, -0.1) is 0 Å². The molecule has 0 aromatic heterocycles. The molecule has 0 bridgehead atoms. The lowest BCUT2D eigenvalue weighted by molar-refractivity contribution is -0.117. The average molecular weight is 545 g/mol. The number of benzene rings is 2. The van der Waals surface area contributed by atoms with E-state index in [2.05, 4.69) is 10.6 Å². The molecule has 0 aliphatic rings. The Balaban J connectivity index is 1.61. The molecule has 2 aromatic carbocycles. The van der Waals surface area contributed by atoms with Crippen molar-refractivity contribution in [2.75, 3.05) is 10.6 Å². The standard InChI is InChI=1S/C21H20Cl6N2O2/c22-12-8-14(24)20(15(25)9-12)28-18(30)6-4-2-1-3-5-7-19(31)29-21-16(26)10-13(23)11-17(21)27/h8-11H,1-7H2,(H,28,30)(H,29,31). The first kappa shape index (κ1) is 26.4. The highest BCUT2D eigenvalue weighted by Crippen LogP contribution is 2.34. The van der Waals surface area contributed by atoms with Gasteiger partial charge in [0.15, 0.2) is 0 Å². The maximum Gasteiger partial charge on any atom is 0.224 e. The fourth-order valence-electron chi connectivity index (χ4n) is 2.83. The summed E-state index contributed by atoms with van der Waals surface area (Å²) in [6, 6.07) is 6.09. The number of rotatable bonds is 10. The molecule has 0 saturated heterocycles. The van der Waals surface area contributed by atoms with E-state index in [0.717, 1.165) is 32.1 Å². The van der Waals surface area contributed by atoms with Crippen LogP contribution in [0.15, 0.2) is 24.3 Å². The van der Waals surface area contributed by atoms with Crippen molar-refractivity contribution in [2.24, 2.45) is 0 Å². The number of amides is 2. The number of unbranched alkanes of at least 4 members (excludes halogenated alkanes) is 4. The van der Waals surface area contributed by atoms with Crippen LogP contribution < -0.4 is 10.6 Å². The van der Waals surface area contributed by atoms with Crippen LogP contribution in [0.25, 0.3) is 0 Å². The molecule has 0 unspecified atom stereocenters. The minimum absolute atomic E-state index is 0.165. The number of hydrogen-bond acceptors (Lipinski definition) is 2. The summed E-state index contributed by atoms with van der Waals surface area (Å²) in [6.45, 7) is 0. The van der Waals surface area contributed by atoms with Crippen LogP contribution in [0.1, 0.15) is 44.9 Å². The van der Waals surface area contributed by atoms with Crippen LogP contribution in [-0.2, 0) is 9.59 Å². The SMILES string of the molecule is O=C(CCCCCCCC(=O)Nc1c(Cl)cc(Cl)cc1Cl)Nc1c(Cl)cc(Cl)cc1Cl. The second kappa shape index (κ2) is 13.0. The van der Waals surface area contributed by atoms with Gasteiger partial charge >= 0.3 is 0 Å². The predicted octanol–water partition coefficient (Wildman–Crippen LogP) is 8.91. The Labute approximate surface area is 211 Å². The summed E-state index contributed by atoms with van der Waals surface area (Å²) in [5.41, 5.74) is 0.731. The summed E-state index contributed by atoms with van der Waals surface area (Å²) >= 11 is 36.0. The van der Waals surface area contributed by atoms with Gasteiger partial charge in [-0.05, 0) is 37.1 Å². The molecule has 0 saturated carbocycles. The molecule has 2 aromatic rings. The van der Waals surface area contributed by atoms with Crippen LogP contribution in [0.4, 0.5) is 11.4 Å². The molecule has 10 heteroatoms. The van der Waals surface area contributed by atoms with Crippen molar-refractivity contribution in [1.29, 1.82) is 0 Å². The maximum absolute atomic E-state index is 12.1. The predicted molar refractivity (Wildman–Crippen MR) is 133 cm³/mol. The number of carbonyl (C=O) groups is 2. The van der Waals surface area contributed by atoms with Gasteiger partial charge in [0, 0.05) is 22.9 Å². The van der Waals surface area contributed by atoms with E-state index in [1.165, 1.54) is 24.3 Å². The monoisotopic (exact) mass is 542 g/mol. The van der Waals surface area contributed by atoms with E-state index >= 15 is 0 Å². The Bertz CT molecular complexity index is 830. The summed E-state index contributed by atoms with van der Waals surface area (Å²) in [5.74, 6) is -0.329. The quantitative estimate of drug-likeness (QED) is 0.293. The molecular weight excluding hydrogens is 525 g/mol. The fraction of sp³-hybridized carbons (Fsp3) is 0.333. The van der Waals surface area contributed by atoms with Gasteiger partial charge in [-0.1, -0.05) is 88.9 Å². The molecule has 2 N–H and O–H groups in total. The molecule has 0 aliphatic carbocycles. The fourth-order valence-corrected chi connectivity index (χ4v) is 4.65. The van der Waals surface area contributed by atoms with Crippen molar-refractivity contribution in [3.63, 3.8) is 0 Å². The minimum atomic E-state index is -0.165. The highest BCUT2D eigenvalue weighted by molar-refractivity contribution is 6.43. The van der Waals surface area contributed by atoms with E-state index in [9.17, 15) is 9.59 Å². The molecule has 0 fully saturated rings. The first-order valence-corrected chi connectivity index (χ1v) is 11.8. The van der Waals surface area contributed by atoms with Crippen LogP contribution in [0.3, 0.4) is 0 Å². The summed E-state index contributed by atoms with van der Waals surface area (Å²) in [4.78, 5) is 24.2. The van der Waals surface area contributed by atoms with Gasteiger partial charge in [0.25, 0.3) is 0 Å². The second-order valence-electron chi connectivity index (χ2n) is 6.85. The Morgan fingerprint density at radius 2 is 0.839 bits per heavy atom. The lowest BCUT2D eigenvalue weighted by Gasteiger charge is -2.10. The van der Waals surface area contributed by atoms with Crippen molar-refractivity contribution in [2.45, 2.75) is 44.9 Å². The van der Waals surface area contributed by atoms with E-state index in [1.807, 2.05) is 0 Å². The van der Waals surface area contributed by atoms with Crippen LogP contribution in [0, 0.1) is 0 Å². The van der Waals surface area contributed by atoms with Gasteiger partial charge in [-0.3, -0.25) is 9.59 Å². The Kier molecular flexibility index (Phi) is 11.0. The summed E-state index contributed by atoms with van der Waals surface area (Å²) in [7, 11) is 0. The molecule has 0 aliphatic heterocycles. The molecule has 0 atom stereocenters. The second-order valence-corrected chi connectivity index (χ2v) is 9.35. The Morgan fingerprint density at radius 3 is 1.16 bits per heavy atom. The lowest BCUT2D eigenvalue weighted by atomic mass is 10.1. The van der Waals surface area contributed by atoms with Gasteiger partial charge < -0.3 is 10.6 Å². The zero-order chi connectivity index (χ0) is 23.0. The number of anilines is 2. The molecule has 31 heavy (non-hydrogen) atoms. The highest BCUT2D eigenvalue weighted by Gasteiger charge is 2.12. The van der Waals surface area contributed by atoms with E-state index < -0.39 is 0 Å². The third-order valence-electron chi connectivity index (χ3n) is 4.35. The topological polar surface area (TPSA) is 58.2 Å². The van der Waals surface area contributed by atoms with Crippen LogP contribution >= 0.6 is 69.6 Å². The molecule has 2 amide bonds. The van der Waals surface area contributed by atoms with Gasteiger partial charge in [0.05, 0.1) is 31.5 Å². The van der Waals surface area contributed by atoms with Gasteiger partial charge in [0.2, 0.25) is 11.8 Å². The van der Waals surface area contributed by atoms with Crippen molar-refractivity contribution >= 4 is 92.8 Å². The Morgan fingerprint density at radius 1 is 0.548 bits per heavy atom. The number of halogens is 6. The van der Waals surface area contributed by atoms with Crippen LogP contribution in [0.5, 0.6) is 0 Å². The van der Waals surface area contributed by atoms with Crippen LogP contribution in [0.2, 0.25) is 30.1 Å². The third-order valence-corrected chi connectivity index (χ3v) is 5.98. The molecule has 0 radical (unpaired) electrons. The van der Waals surface area contributed by atoms with Crippen molar-refractivity contribution < 1.29 is 9.59 Å². The average Bonchev–Trinajstić information content (AvgIpc) is 2.66. The lowest BCUT2D eigenvalue weighted by Crippen LogP contribution is -2.12. The number of nitrogens with one attached hydrogen (secondary N) is 2. The summed E-state index contributed by atoms with van der Waals surface area (Å²) < 4.78 is 0. The molecule has 2 rings (SSSR count). The van der Waals surface area contributed by atoms with Gasteiger partial charge in [0.1, 0.15) is 0 Å². The number of carbonyl (C=O) groups excluding carboxylic acids is 2. The molecule has 4 nitrogen and oxygen atoms in total. The van der Waals surface area contributed by atoms with Crippen molar-refractivity contribution in [3.8, 4) is 0 Å². The van der Waals surface area contributed by atoms with Gasteiger partial charge in [-0.2, -0.15) is 0 Å². The largest absolute Gasteiger partial charge is 0.324 e. The molecule has 168 valence electrons. The normalized spacial score (nSPS) is 10.8. The smallest absolute Gasteiger partial charge is 0.224 e. The first-order chi connectivity index (χ1) is 14.7. The molecule has 0 heterocycles. The Hall–Kier alpha value is -0.880. The van der Waals surface area contributed by atoms with Crippen LogP contribution in [-0.4, -0.2) is 11.8 Å². The van der Waals surface area contributed by atoms with Crippen molar-refractivity contribution in [3.05, 3.63) is 54.4 Å². The van der Waals surface area contributed by atoms with Gasteiger partial charge in [-0.25, -0.2) is 0 Å². The zero-order valence-corrected chi connectivity index (χ0v) is 20.9.